The van der Waals surface area contributed by atoms with E-state index in [9.17, 15) is 9.59 Å². The quantitative estimate of drug-likeness (QED) is 0.162. The number of aliphatic carboxylic acids is 1. The molecule has 0 spiro atoms. The van der Waals surface area contributed by atoms with Gasteiger partial charge in [-0.25, -0.2) is 0 Å². The molecule has 0 aliphatic carbocycles. The first kappa shape index (κ1) is 35.1. The SMILES string of the molecule is C.COc1cccc(/C=C/C(C)=O)c1OCc1ccccc1.COc1cccc(C[C@H](N)C(=O)O)c1OCc1ccccc1. The Bertz CT molecular complexity index is 1490. The number of benzene rings is 4. The van der Waals surface area contributed by atoms with E-state index >= 15 is 0 Å². The Hall–Kier alpha value is -5.08. The van der Waals surface area contributed by atoms with E-state index in [1.165, 1.54) is 13.0 Å². The molecule has 4 aromatic rings. The zero-order valence-electron chi connectivity index (χ0n) is 24.6. The Labute approximate surface area is 259 Å². The van der Waals surface area contributed by atoms with Crippen LogP contribution in [-0.2, 0) is 29.2 Å². The maximum absolute atomic E-state index is 11.1. The van der Waals surface area contributed by atoms with E-state index in [4.69, 9.17) is 29.8 Å². The van der Waals surface area contributed by atoms with Crippen molar-refractivity contribution in [2.75, 3.05) is 14.2 Å². The maximum atomic E-state index is 11.1. The van der Waals surface area contributed by atoms with Crippen molar-refractivity contribution in [1.29, 1.82) is 0 Å². The number of nitrogens with two attached hydrogens (primary N) is 1. The van der Waals surface area contributed by atoms with Crippen molar-refractivity contribution in [3.63, 3.8) is 0 Å². The highest BCUT2D eigenvalue weighted by Gasteiger charge is 2.18. The summed E-state index contributed by atoms with van der Waals surface area (Å²) in [5, 5.41) is 8.97. The van der Waals surface area contributed by atoms with E-state index in [0.717, 1.165) is 16.7 Å². The summed E-state index contributed by atoms with van der Waals surface area (Å²) < 4.78 is 22.4. The third-order valence-electron chi connectivity index (χ3n) is 6.22. The van der Waals surface area contributed by atoms with Crippen LogP contribution in [0.15, 0.2) is 103 Å². The summed E-state index contributed by atoms with van der Waals surface area (Å²) in [6, 6.07) is 29.6. The molecular weight excluding hydrogens is 558 g/mol. The molecule has 8 nitrogen and oxygen atoms in total. The number of hydrogen-bond donors (Lipinski definition) is 2. The predicted molar refractivity (Wildman–Crippen MR) is 173 cm³/mol. The molecule has 4 aromatic carbocycles. The zero-order valence-corrected chi connectivity index (χ0v) is 24.6. The van der Waals surface area contributed by atoms with Crippen molar-refractivity contribution in [2.45, 2.75) is 40.0 Å². The number of carbonyl (C=O) groups is 2. The molecule has 0 heterocycles. The van der Waals surface area contributed by atoms with Gasteiger partial charge in [0.25, 0.3) is 0 Å². The van der Waals surface area contributed by atoms with Gasteiger partial charge < -0.3 is 29.8 Å². The number of para-hydroxylation sites is 2. The molecule has 0 bridgehead atoms. The number of rotatable bonds is 13. The van der Waals surface area contributed by atoms with Gasteiger partial charge in [0.1, 0.15) is 19.3 Å². The van der Waals surface area contributed by atoms with Gasteiger partial charge in [0.05, 0.1) is 14.2 Å². The van der Waals surface area contributed by atoms with Crippen molar-refractivity contribution < 1.29 is 33.6 Å². The van der Waals surface area contributed by atoms with Crippen LogP contribution < -0.4 is 24.7 Å². The van der Waals surface area contributed by atoms with Gasteiger partial charge in [-0.05, 0) is 42.3 Å². The number of ether oxygens (including phenoxy) is 4. The van der Waals surface area contributed by atoms with Crippen LogP contribution in [0.4, 0.5) is 0 Å². The monoisotopic (exact) mass is 599 g/mol. The molecule has 0 aliphatic rings. The summed E-state index contributed by atoms with van der Waals surface area (Å²) in [6.45, 7) is 2.33. The minimum Gasteiger partial charge on any atom is -0.493 e. The number of carbonyl (C=O) groups excluding carboxylic acids is 1. The number of carboxylic acid groups (broad SMARTS) is 1. The molecule has 0 saturated carbocycles. The molecule has 1 atom stereocenters. The van der Waals surface area contributed by atoms with Crippen LogP contribution in [0.25, 0.3) is 6.08 Å². The van der Waals surface area contributed by atoms with Crippen LogP contribution in [0, 0.1) is 0 Å². The third-order valence-corrected chi connectivity index (χ3v) is 6.22. The lowest BCUT2D eigenvalue weighted by atomic mass is 10.0. The molecule has 0 unspecified atom stereocenters. The second-order valence-electron chi connectivity index (χ2n) is 9.47. The topological polar surface area (TPSA) is 117 Å². The fraction of sp³-hybridized carbons (Fsp3) is 0.222. The van der Waals surface area contributed by atoms with Crippen LogP contribution in [-0.4, -0.2) is 37.1 Å². The lowest BCUT2D eigenvalue weighted by Crippen LogP contribution is -2.32. The smallest absolute Gasteiger partial charge is 0.320 e. The molecule has 232 valence electrons. The molecular formula is C36H41NO7. The van der Waals surface area contributed by atoms with Gasteiger partial charge in [-0.15, -0.1) is 0 Å². The normalized spacial score (nSPS) is 10.9. The number of methoxy groups -OCH3 is 2. The standard InChI is InChI=1S/C18H18O3.C17H19NO4.CH4/c1-14(19)11-12-16-9-6-10-17(20-2)18(16)21-13-15-7-4-3-5-8-15;1-21-15-9-5-8-13(10-14(18)17(19)20)16(15)22-11-12-6-3-2-4-7-12;/h3-12H,13H2,1-2H3;2-9,14H,10-11,18H2,1H3,(H,19,20);1H4/b12-11+;;/t;14-;/m.0./s1. The van der Waals surface area contributed by atoms with Crippen LogP contribution in [0.3, 0.4) is 0 Å². The van der Waals surface area contributed by atoms with Gasteiger partial charge in [0.15, 0.2) is 28.8 Å². The van der Waals surface area contributed by atoms with Gasteiger partial charge in [0.2, 0.25) is 0 Å². The molecule has 4 rings (SSSR count). The second kappa shape index (κ2) is 18.5. The minimum absolute atomic E-state index is 0. The summed E-state index contributed by atoms with van der Waals surface area (Å²) in [5.41, 5.74) is 9.24. The van der Waals surface area contributed by atoms with E-state index in [2.05, 4.69) is 0 Å². The van der Waals surface area contributed by atoms with Crippen molar-refractivity contribution in [3.05, 3.63) is 125 Å². The summed E-state index contributed by atoms with van der Waals surface area (Å²) >= 11 is 0. The Kier molecular flexibility index (Phi) is 14.7. The summed E-state index contributed by atoms with van der Waals surface area (Å²) in [5.74, 6) is 1.33. The lowest BCUT2D eigenvalue weighted by molar-refractivity contribution is -0.138. The zero-order chi connectivity index (χ0) is 31.0. The number of ketones is 1. The fourth-order valence-corrected chi connectivity index (χ4v) is 4.02. The minimum atomic E-state index is -1.04. The van der Waals surface area contributed by atoms with Crippen LogP contribution in [0.1, 0.15) is 36.6 Å². The highest BCUT2D eigenvalue weighted by molar-refractivity contribution is 5.92. The maximum Gasteiger partial charge on any atom is 0.320 e. The number of carboxylic acids is 1. The Morgan fingerprint density at radius 1 is 0.750 bits per heavy atom. The van der Waals surface area contributed by atoms with Crippen molar-refractivity contribution >= 4 is 17.8 Å². The first-order valence-electron chi connectivity index (χ1n) is 13.7. The van der Waals surface area contributed by atoms with Gasteiger partial charge in [-0.3, -0.25) is 9.59 Å². The average Bonchev–Trinajstić information content (AvgIpc) is 3.03. The molecule has 0 fully saturated rings. The van der Waals surface area contributed by atoms with E-state index in [-0.39, 0.29) is 19.6 Å². The molecule has 3 N–H and O–H groups in total. The summed E-state index contributed by atoms with van der Waals surface area (Å²) in [6.07, 6.45) is 3.44. The molecule has 0 radical (unpaired) electrons. The van der Waals surface area contributed by atoms with Gasteiger partial charge in [0, 0.05) is 17.5 Å². The van der Waals surface area contributed by atoms with E-state index < -0.39 is 12.0 Å². The van der Waals surface area contributed by atoms with E-state index in [0.29, 0.717) is 41.8 Å². The first-order valence-corrected chi connectivity index (χ1v) is 13.7. The molecule has 8 heteroatoms. The highest BCUT2D eigenvalue weighted by Crippen LogP contribution is 2.33. The third kappa shape index (κ3) is 11.0. The lowest BCUT2D eigenvalue weighted by Gasteiger charge is -2.16. The summed E-state index contributed by atoms with van der Waals surface area (Å²) in [7, 11) is 3.15. The highest BCUT2D eigenvalue weighted by atomic mass is 16.5. The van der Waals surface area contributed by atoms with Gasteiger partial charge >= 0.3 is 5.97 Å². The average molecular weight is 600 g/mol. The number of hydrogen-bond acceptors (Lipinski definition) is 7. The Morgan fingerprint density at radius 3 is 1.75 bits per heavy atom. The molecule has 0 amide bonds. The molecule has 0 saturated heterocycles. The first-order chi connectivity index (χ1) is 20.8. The largest absolute Gasteiger partial charge is 0.493 e. The van der Waals surface area contributed by atoms with E-state index in [1.54, 1.807) is 38.5 Å². The molecule has 0 aromatic heterocycles. The van der Waals surface area contributed by atoms with Crippen LogP contribution in [0.5, 0.6) is 23.0 Å². The molecule has 44 heavy (non-hydrogen) atoms. The van der Waals surface area contributed by atoms with Crippen LogP contribution >= 0.6 is 0 Å². The van der Waals surface area contributed by atoms with Gasteiger partial charge in [-0.2, -0.15) is 0 Å². The molecule has 0 aliphatic heterocycles. The van der Waals surface area contributed by atoms with Crippen molar-refractivity contribution in [2.24, 2.45) is 5.73 Å². The van der Waals surface area contributed by atoms with Crippen LogP contribution in [0.2, 0.25) is 0 Å². The second-order valence-corrected chi connectivity index (χ2v) is 9.47. The Balaban J connectivity index is 0.000000300. The van der Waals surface area contributed by atoms with E-state index in [1.807, 2.05) is 78.9 Å². The number of allylic oxidation sites excluding steroid dienone is 1. The van der Waals surface area contributed by atoms with Gasteiger partial charge in [-0.1, -0.05) is 92.4 Å². The fourth-order valence-electron chi connectivity index (χ4n) is 4.02. The van der Waals surface area contributed by atoms with Crippen molar-refractivity contribution in [3.8, 4) is 23.0 Å². The predicted octanol–water partition coefficient (Wildman–Crippen LogP) is 6.74. The summed E-state index contributed by atoms with van der Waals surface area (Å²) in [4.78, 5) is 22.1. The Morgan fingerprint density at radius 2 is 1.25 bits per heavy atom. The van der Waals surface area contributed by atoms with Crippen molar-refractivity contribution in [1.82, 2.24) is 0 Å².